The van der Waals surface area contributed by atoms with Crippen molar-refractivity contribution in [2.45, 2.75) is 95.4 Å². The van der Waals surface area contributed by atoms with Crippen molar-refractivity contribution >= 4 is 17.6 Å². The molecule has 0 bridgehead atoms. The van der Waals surface area contributed by atoms with Crippen LogP contribution in [0.5, 0.6) is 5.75 Å². The maximum absolute atomic E-state index is 12.4. The Morgan fingerprint density at radius 3 is 2.54 bits per heavy atom. The van der Waals surface area contributed by atoms with E-state index in [2.05, 4.69) is 34.7 Å². The fraction of sp³-hybridized carbons (Fsp3) is 0.514. The van der Waals surface area contributed by atoms with Gasteiger partial charge in [-0.3, -0.25) is 4.98 Å². The van der Waals surface area contributed by atoms with Gasteiger partial charge in [0.25, 0.3) is 0 Å². The van der Waals surface area contributed by atoms with E-state index in [0.29, 0.717) is 24.3 Å². The van der Waals surface area contributed by atoms with Crippen LogP contribution in [0.25, 0.3) is 11.1 Å². The van der Waals surface area contributed by atoms with E-state index in [1.165, 1.54) is 0 Å². The number of rotatable bonds is 18. The number of hydrogen-bond acceptors (Lipinski definition) is 8. The minimum absolute atomic E-state index is 0.302. The Kier molecular flexibility index (Phi) is 12.3. The average molecular weight is 682 g/mol. The molecule has 0 aliphatic heterocycles. The van der Waals surface area contributed by atoms with Crippen molar-refractivity contribution in [3.63, 3.8) is 0 Å². The molecule has 2 saturated carbocycles. The number of ether oxygens (including phenoxy) is 2. The highest BCUT2D eigenvalue weighted by Crippen LogP contribution is 2.53. The largest absolute Gasteiger partial charge is 0.490 e. The number of unbranched alkanes of at least 4 members (excludes halogenated alkanes) is 1. The molecule has 5 rings (SSSR count). The number of hydrogen-bond donors (Lipinski definition) is 6. The number of pyridine rings is 1. The number of aliphatic hydroxyl groups is 4. The number of para-hydroxylation sites is 1. The van der Waals surface area contributed by atoms with Crippen LogP contribution in [0.2, 0.25) is 5.02 Å². The molecular weight excluding hydrogens is 634 g/mol. The van der Waals surface area contributed by atoms with Gasteiger partial charge >= 0.3 is 6.03 Å². The molecule has 2 aromatic carbocycles. The first kappa shape index (κ1) is 36.0. The summed E-state index contributed by atoms with van der Waals surface area (Å²) in [5.41, 5.74) is 6.01. The van der Waals surface area contributed by atoms with Gasteiger partial charge in [-0.05, 0) is 92.3 Å². The van der Waals surface area contributed by atoms with E-state index in [1.54, 1.807) is 6.92 Å². The molecule has 260 valence electrons. The number of aryl methyl sites for hydroxylation is 2. The molecule has 4 atom stereocenters. The van der Waals surface area contributed by atoms with Crippen LogP contribution in [-0.2, 0) is 23.4 Å². The minimum Gasteiger partial charge on any atom is -0.490 e. The monoisotopic (exact) mass is 681 g/mol. The number of aromatic nitrogens is 1. The number of aliphatic hydroxyl groups excluding tert-OH is 4. The quantitative estimate of drug-likeness (QED) is 0.105. The lowest BCUT2D eigenvalue weighted by Gasteiger charge is -2.29. The second kappa shape index (κ2) is 16.4. The van der Waals surface area contributed by atoms with Gasteiger partial charge in [0.15, 0.2) is 0 Å². The van der Waals surface area contributed by atoms with Gasteiger partial charge in [-0.2, -0.15) is 0 Å². The van der Waals surface area contributed by atoms with E-state index in [9.17, 15) is 20.1 Å². The van der Waals surface area contributed by atoms with Gasteiger partial charge in [0.1, 0.15) is 11.9 Å². The number of nitrogens with one attached hydrogen (secondary N) is 2. The van der Waals surface area contributed by atoms with Crippen molar-refractivity contribution in [2.24, 2.45) is 5.92 Å². The van der Waals surface area contributed by atoms with Gasteiger partial charge in [0.05, 0.1) is 43.7 Å². The van der Waals surface area contributed by atoms with Crippen molar-refractivity contribution in [3.05, 3.63) is 82.1 Å². The second-order valence-corrected chi connectivity index (χ2v) is 13.5. The molecule has 2 aliphatic carbocycles. The Hall–Kier alpha value is -3.25. The third-order valence-corrected chi connectivity index (χ3v) is 9.80. The fourth-order valence-corrected chi connectivity index (χ4v) is 6.28. The van der Waals surface area contributed by atoms with Gasteiger partial charge in [0.2, 0.25) is 0 Å². The first-order valence-electron chi connectivity index (χ1n) is 16.9. The van der Waals surface area contributed by atoms with Crippen molar-refractivity contribution in [1.29, 1.82) is 0 Å². The smallest absolute Gasteiger partial charge is 0.315 e. The summed E-state index contributed by atoms with van der Waals surface area (Å²) >= 11 is 6.78. The van der Waals surface area contributed by atoms with E-state index in [1.807, 2.05) is 42.7 Å². The molecule has 2 amide bonds. The molecule has 3 aromatic rings. The third kappa shape index (κ3) is 9.05. The summed E-state index contributed by atoms with van der Waals surface area (Å²) in [7, 11) is 0. The Morgan fingerprint density at radius 1 is 1.06 bits per heavy atom. The molecule has 1 heterocycles. The molecule has 0 saturated heterocycles. The van der Waals surface area contributed by atoms with Crippen LogP contribution in [0, 0.1) is 12.8 Å². The van der Waals surface area contributed by atoms with Crippen LogP contribution < -0.4 is 15.4 Å². The van der Waals surface area contributed by atoms with Crippen LogP contribution in [0.3, 0.4) is 0 Å². The van der Waals surface area contributed by atoms with Gasteiger partial charge < -0.3 is 40.5 Å². The maximum atomic E-state index is 12.4. The van der Waals surface area contributed by atoms with Crippen molar-refractivity contribution in [1.82, 2.24) is 15.6 Å². The molecule has 2 fully saturated rings. The van der Waals surface area contributed by atoms with Gasteiger partial charge in [-0.1, -0.05) is 42.8 Å². The zero-order valence-electron chi connectivity index (χ0n) is 27.7. The second-order valence-electron chi connectivity index (χ2n) is 13.1. The molecule has 0 radical (unpaired) electrons. The first-order valence-corrected chi connectivity index (χ1v) is 17.3. The highest BCUT2D eigenvalue weighted by Gasteiger charge is 2.48. The Balaban J connectivity index is 1.12. The zero-order valence-corrected chi connectivity index (χ0v) is 28.5. The lowest BCUT2D eigenvalue weighted by atomic mass is 9.93. The normalized spacial score (nSPS) is 17.6. The lowest BCUT2D eigenvalue weighted by molar-refractivity contribution is -0.0496. The first-order chi connectivity index (χ1) is 23.2. The number of nitrogens with zero attached hydrogens (tertiary/aromatic N) is 1. The lowest BCUT2D eigenvalue weighted by Crippen LogP contribution is -2.52. The summed E-state index contributed by atoms with van der Waals surface area (Å²) in [4.78, 5) is 16.8. The summed E-state index contributed by atoms with van der Waals surface area (Å²) in [5, 5.41) is 44.5. The molecule has 2 aliphatic rings. The van der Waals surface area contributed by atoms with Crippen molar-refractivity contribution in [3.8, 4) is 16.9 Å². The highest BCUT2D eigenvalue weighted by molar-refractivity contribution is 6.31. The summed E-state index contributed by atoms with van der Waals surface area (Å²) < 4.78 is 12.9. The van der Waals surface area contributed by atoms with Crippen molar-refractivity contribution in [2.75, 3.05) is 19.8 Å². The molecule has 0 unspecified atom stereocenters. The molecule has 6 N–H and O–H groups in total. The Labute approximate surface area is 287 Å². The predicted octanol–water partition coefficient (Wildman–Crippen LogP) is 4.79. The molecule has 0 spiro atoms. The van der Waals surface area contributed by atoms with Gasteiger partial charge in [0, 0.05) is 41.0 Å². The topological polar surface area (TPSA) is 153 Å². The number of carbonyl (C=O) groups excluding carboxylic acids is 1. The van der Waals surface area contributed by atoms with Crippen LogP contribution in [0.1, 0.15) is 67.7 Å². The van der Waals surface area contributed by atoms with Crippen molar-refractivity contribution < 1.29 is 34.7 Å². The Bertz CT molecular complexity index is 1530. The third-order valence-electron chi connectivity index (χ3n) is 9.45. The summed E-state index contributed by atoms with van der Waals surface area (Å²) in [5.74, 6) is 0.231. The summed E-state index contributed by atoms with van der Waals surface area (Å²) in [6, 6.07) is 13.1. The fourth-order valence-electron chi connectivity index (χ4n) is 6.03. The molecule has 48 heavy (non-hydrogen) atoms. The molecule has 10 nitrogen and oxygen atoms in total. The van der Waals surface area contributed by atoms with Crippen LogP contribution >= 0.6 is 11.6 Å². The SMILES string of the molecule is Cc1cc(COC2(c3cnccc3-c3ccccc3OC3CC3)CC2)c(Cl)cc1CCCCNC(=O)N[C@@H](CO)[C@@H](C)[C@H](O)[C@H](O)CO. The predicted molar refractivity (Wildman–Crippen MR) is 184 cm³/mol. The molecule has 1 aromatic heterocycles. The summed E-state index contributed by atoms with van der Waals surface area (Å²) in [6.07, 6.45) is 7.76. The van der Waals surface area contributed by atoms with Gasteiger partial charge in [-0.15, -0.1) is 0 Å². The van der Waals surface area contributed by atoms with E-state index < -0.39 is 49.0 Å². The highest BCUT2D eigenvalue weighted by atomic mass is 35.5. The average Bonchev–Trinajstić information content (AvgIpc) is 4.04. The summed E-state index contributed by atoms with van der Waals surface area (Å²) in [6.45, 7) is 3.44. The minimum atomic E-state index is -1.35. The maximum Gasteiger partial charge on any atom is 0.315 e. The molecule has 11 heteroatoms. The number of amides is 2. The zero-order chi connectivity index (χ0) is 34.3. The van der Waals surface area contributed by atoms with E-state index in [0.717, 1.165) is 84.1 Å². The number of halogens is 1. The number of carbonyl (C=O) groups is 1. The van der Waals surface area contributed by atoms with Crippen LogP contribution in [0.15, 0.2) is 54.9 Å². The standard InChI is InChI=1S/C37H48ClN3O7/c1-23-17-26(31(38)18-25(23)7-5-6-15-40-36(46)41-32(20-42)24(2)35(45)33(44)21-43)22-47-37(13-14-37)30-19-39-16-12-28(30)29-8-3-4-9-34(29)48-27-10-11-27/h3-4,8-9,12,16-19,24,27,32-33,35,42-45H,5-7,10-11,13-15,20-22H2,1-2H3,(H2,40,41,46)/t24-,32+,33-,35+/m1/s1. The number of benzene rings is 2. The Morgan fingerprint density at radius 2 is 1.83 bits per heavy atom. The van der Waals surface area contributed by atoms with Crippen LogP contribution in [-0.4, -0.2) is 75.6 Å². The van der Waals surface area contributed by atoms with E-state index in [-0.39, 0.29) is 0 Å². The van der Waals surface area contributed by atoms with Crippen LogP contribution in [0.4, 0.5) is 4.79 Å². The van der Waals surface area contributed by atoms with Gasteiger partial charge in [-0.25, -0.2) is 4.79 Å². The number of urea groups is 1. The van der Waals surface area contributed by atoms with E-state index >= 15 is 0 Å². The molecular formula is C37H48ClN3O7. The van der Waals surface area contributed by atoms with E-state index in [4.69, 9.17) is 26.2 Å².